The Morgan fingerprint density at radius 3 is 2.07 bits per heavy atom. The maximum absolute atomic E-state index is 10.5. The summed E-state index contributed by atoms with van der Waals surface area (Å²) in [5.74, 6) is -0.914. The fourth-order valence-electron chi connectivity index (χ4n) is 0.927. The average Bonchev–Trinajstić information content (AvgIpc) is 2.01. The van der Waals surface area contributed by atoms with Crippen LogP contribution in [0.3, 0.4) is 0 Å². The molecule has 0 aromatic heterocycles. The Morgan fingerprint density at radius 1 is 1.27 bits per heavy atom. The zero-order valence-electron chi connectivity index (χ0n) is 8.10. The van der Waals surface area contributed by atoms with E-state index in [2.05, 4.69) is 5.73 Å². The third-order valence-corrected chi connectivity index (χ3v) is 1.48. The number of carboxylic acids is 1. The van der Waals surface area contributed by atoms with Crippen LogP contribution in [0.15, 0.2) is 18.2 Å². The number of aromatic carboxylic acids is 1. The second-order valence-electron chi connectivity index (χ2n) is 2.72. The normalized spacial score (nSPS) is 8.60. The third-order valence-electron chi connectivity index (χ3n) is 1.48. The van der Waals surface area contributed by atoms with E-state index in [0.29, 0.717) is 16.8 Å². The lowest BCUT2D eigenvalue weighted by Crippen LogP contribution is -2.03. The van der Waals surface area contributed by atoms with Crippen molar-refractivity contribution in [3.05, 3.63) is 29.3 Å². The summed E-state index contributed by atoms with van der Waals surface area (Å²) in [6.45, 7) is 1.72. The average molecular weight is 212 g/mol. The van der Waals surface area contributed by atoms with Gasteiger partial charge in [0.15, 0.2) is 0 Å². The number of primary amides is 1. The van der Waals surface area contributed by atoms with Gasteiger partial charge in [-0.1, -0.05) is 0 Å². The number of benzene rings is 1. The first-order valence-electron chi connectivity index (χ1n) is 3.92. The van der Waals surface area contributed by atoms with Gasteiger partial charge in [-0.25, -0.2) is 9.59 Å². The molecule has 1 aromatic carbocycles. The fraction of sp³-hybridized carbons (Fsp3) is 0.111. The van der Waals surface area contributed by atoms with Crippen LogP contribution in [-0.4, -0.2) is 22.3 Å². The van der Waals surface area contributed by atoms with E-state index in [1.54, 1.807) is 19.1 Å². The summed E-state index contributed by atoms with van der Waals surface area (Å²) in [4.78, 5) is 19.3. The molecule has 0 saturated heterocycles. The largest absolute Gasteiger partial charge is 0.478 e. The minimum atomic E-state index is -1.33. The maximum atomic E-state index is 10.5. The van der Waals surface area contributed by atoms with Gasteiger partial charge in [0.1, 0.15) is 0 Å². The summed E-state index contributed by atoms with van der Waals surface area (Å²) in [5, 5.41) is 15.8. The number of carboxylic acid groups (broad SMARTS) is 2. The molecule has 0 atom stereocenters. The van der Waals surface area contributed by atoms with Crippen LogP contribution in [0.4, 0.5) is 10.5 Å². The van der Waals surface area contributed by atoms with Crippen LogP contribution in [0.25, 0.3) is 0 Å². The van der Waals surface area contributed by atoms with E-state index in [4.69, 9.17) is 20.7 Å². The van der Waals surface area contributed by atoms with E-state index in [-0.39, 0.29) is 0 Å². The monoisotopic (exact) mass is 212 g/mol. The van der Waals surface area contributed by atoms with Crippen molar-refractivity contribution in [1.29, 1.82) is 0 Å². The van der Waals surface area contributed by atoms with Crippen LogP contribution in [0.5, 0.6) is 0 Å². The molecular formula is C9H12N2O4. The standard InChI is InChI=1S/C8H9NO2.CH3NO2/c1-5-4-6(9)2-3-7(5)8(10)11;2-1(3)4/h2-4H,9H2,1H3,(H,10,11);2H2,(H,3,4). The molecule has 0 aliphatic heterocycles. The molecule has 0 radical (unpaired) electrons. The molecule has 0 unspecified atom stereocenters. The molecule has 6 N–H and O–H groups in total. The van der Waals surface area contributed by atoms with Gasteiger partial charge < -0.3 is 21.7 Å². The summed E-state index contributed by atoms with van der Waals surface area (Å²) in [5.41, 5.74) is 11.0. The van der Waals surface area contributed by atoms with Crippen LogP contribution in [-0.2, 0) is 0 Å². The molecule has 0 aliphatic rings. The van der Waals surface area contributed by atoms with Gasteiger partial charge >= 0.3 is 12.1 Å². The van der Waals surface area contributed by atoms with Crippen LogP contribution in [0.2, 0.25) is 0 Å². The summed E-state index contributed by atoms with van der Waals surface area (Å²) in [7, 11) is 0. The SMILES string of the molecule is Cc1cc(N)ccc1C(=O)O.NC(=O)O. The van der Waals surface area contributed by atoms with E-state index < -0.39 is 12.1 Å². The summed E-state index contributed by atoms with van der Waals surface area (Å²) >= 11 is 0. The first kappa shape index (κ1) is 12.8. The Labute approximate surface area is 86.1 Å². The van der Waals surface area contributed by atoms with Crippen LogP contribution < -0.4 is 11.5 Å². The van der Waals surface area contributed by atoms with Crippen molar-refractivity contribution < 1.29 is 19.8 Å². The maximum Gasteiger partial charge on any atom is 0.402 e. The topological polar surface area (TPSA) is 127 Å². The van der Waals surface area contributed by atoms with Gasteiger partial charge in [0.25, 0.3) is 0 Å². The fourth-order valence-corrected chi connectivity index (χ4v) is 0.927. The number of aryl methyl sites for hydroxylation is 1. The molecule has 0 heterocycles. The lowest BCUT2D eigenvalue weighted by atomic mass is 10.1. The van der Waals surface area contributed by atoms with Gasteiger partial charge in [-0.15, -0.1) is 0 Å². The number of hydrogen-bond acceptors (Lipinski definition) is 3. The van der Waals surface area contributed by atoms with Gasteiger partial charge in [0.2, 0.25) is 0 Å². The van der Waals surface area contributed by atoms with E-state index in [9.17, 15) is 4.79 Å². The molecule has 0 spiro atoms. The second-order valence-corrected chi connectivity index (χ2v) is 2.72. The minimum Gasteiger partial charge on any atom is -0.478 e. The number of nitrogens with two attached hydrogens (primary N) is 2. The van der Waals surface area contributed by atoms with Crippen molar-refractivity contribution in [2.45, 2.75) is 6.92 Å². The molecule has 1 amide bonds. The lowest BCUT2D eigenvalue weighted by Gasteiger charge is -2.00. The van der Waals surface area contributed by atoms with Crippen molar-refractivity contribution >= 4 is 17.7 Å². The van der Waals surface area contributed by atoms with E-state index in [1.165, 1.54) is 6.07 Å². The molecule has 82 valence electrons. The highest BCUT2D eigenvalue weighted by atomic mass is 16.4. The van der Waals surface area contributed by atoms with E-state index in [1.807, 2.05) is 0 Å². The minimum absolute atomic E-state index is 0.305. The Bertz CT molecular complexity index is 372. The van der Waals surface area contributed by atoms with Crippen molar-refractivity contribution in [1.82, 2.24) is 0 Å². The summed E-state index contributed by atoms with van der Waals surface area (Å²) in [6.07, 6.45) is -1.33. The van der Waals surface area contributed by atoms with Crippen LogP contribution in [0, 0.1) is 6.92 Å². The second kappa shape index (κ2) is 5.48. The van der Waals surface area contributed by atoms with Crippen molar-refractivity contribution in [3.63, 3.8) is 0 Å². The van der Waals surface area contributed by atoms with Crippen molar-refractivity contribution in [3.8, 4) is 0 Å². The Balaban J connectivity index is 0.000000423. The summed E-state index contributed by atoms with van der Waals surface area (Å²) in [6, 6.07) is 4.73. The Hall–Kier alpha value is -2.24. The quantitative estimate of drug-likeness (QED) is 0.514. The van der Waals surface area contributed by atoms with Crippen molar-refractivity contribution in [2.24, 2.45) is 5.73 Å². The highest BCUT2D eigenvalue weighted by Crippen LogP contribution is 2.11. The zero-order chi connectivity index (χ0) is 12.0. The number of nitrogen functional groups attached to an aromatic ring is 1. The molecule has 6 nitrogen and oxygen atoms in total. The molecule has 6 heteroatoms. The number of amides is 1. The van der Waals surface area contributed by atoms with Crippen LogP contribution in [0.1, 0.15) is 15.9 Å². The molecule has 15 heavy (non-hydrogen) atoms. The lowest BCUT2D eigenvalue weighted by molar-refractivity contribution is 0.0696. The summed E-state index contributed by atoms with van der Waals surface area (Å²) < 4.78 is 0. The van der Waals surface area contributed by atoms with E-state index >= 15 is 0 Å². The predicted molar refractivity (Wildman–Crippen MR) is 54.8 cm³/mol. The molecule has 0 aliphatic carbocycles. The number of carbonyl (C=O) groups is 2. The smallest absolute Gasteiger partial charge is 0.402 e. The molecule has 1 rings (SSSR count). The zero-order valence-corrected chi connectivity index (χ0v) is 8.10. The van der Waals surface area contributed by atoms with Gasteiger partial charge in [-0.2, -0.15) is 0 Å². The van der Waals surface area contributed by atoms with Gasteiger partial charge in [-0.05, 0) is 30.7 Å². The van der Waals surface area contributed by atoms with E-state index in [0.717, 1.165) is 0 Å². The van der Waals surface area contributed by atoms with Crippen LogP contribution >= 0.6 is 0 Å². The predicted octanol–water partition coefficient (Wildman–Crippen LogP) is 0.899. The Morgan fingerprint density at radius 2 is 1.73 bits per heavy atom. The molecule has 1 aromatic rings. The highest BCUT2D eigenvalue weighted by Gasteiger charge is 2.04. The number of rotatable bonds is 1. The van der Waals surface area contributed by atoms with Crippen molar-refractivity contribution in [2.75, 3.05) is 5.73 Å². The first-order valence-corrected chi connectivity index (χ1v) is 3.92. The molecule has 0 fully saturated rings. The van der Waals surface area contributed by atoms with Gasteiger partial charge in [0.05, 0.1) is 5.56 Å². The van der Waals surface area contributed by atoms with Gasteiger partial charge in [0, 0.05) is 5.69 Å². The number of hydrogen-bond donors (Lipinski definition) is 4. The molecule has 0 saturated carbocycles. The Kier molecular flexibility index (Phi) is 4.66. The highest BCUT2D eigenvalue weighted by molar-refractivity contribution is 5.89. The molecular weight excluding hydrogens is 200 g/mol. The first-order chi connectivity index (χ1) is 6.84. The molecule has 0 bridgehead atoms. The third kappa shape index (κ3) is 5.14. The van der Waals surface area contributed by atoms with Gasteiger partial charge in [-0.3, -0.25) is 0 Å². The number of anilines is 1.